The van der Waals surface area contributed by atoms with Crippen molar-refractivity contribution < 1.29 is 19.7 Å². The van der Waals surface area contributed by atoms with Gasteiger partial charge in [0.25, 0.3) is 0 Å². The normalized spacial score (nSPS) is 10.2. The van der Waals surface area contributed by atoms with Gasteiger partial charge in [0.1, 0.15) is 0 Å². The van der Waals surface area contributed by atoms with E-state index >= 15 is 0 Å². The third kappa shape index (κ3) is 3.72. The van der Waals surface area contributed by atoms with E-state index in [1.54, 1.807) is 24.3 Å². The lowest BCUT2D eigenvalue weighted by atomic mass is 10.2. The molecule has 0 aliphatic carbocycles. The lowest BCUT2D eigenvalue weighted by Crippen LogP contribution is -2.00. The number of nitrogens with one attached hydrogen (secondary N) is 1. The molecule has 0 aromatic heterocycles. The molecule has 0 fully saturated rings. The molecule has 3 N–H and O–H groups in total. The van der Waals surface area contributed by atoms with Crippen LogP contribution in [0.2, 0.25) is 0 Å². The van der Waals surface area contributed by atoms with Crippen molar-refractivity contribution in [2.75, 3.05) is 19.0 Å². The Balaban J connectivity index is 2.06. The molecule has 2 rings (SSSR count). The van der Waals surface area contributed by atoms with Gasteiger partial charge in [-0.25, -0.2) is 0 Å². The first-order valence-electron chi connectivity index (χ1n) is 6.69. The van der Waals surface area contributed by atoms with Crippen molar-refractivity contribution in [3.05, 3.63) is 42.0 Å². The summed E-state index contributed by atoms with van der Waals surface area (Å²) in [6.07, 6.45) is 0. The molecule has 5 nitrogen and oxygen atoms in total. The van der Waals surface area contributed by atoms with Crippen LogP contribution in [-0.4, -0.2) is 23.9 Å². The number of benzene rings is 2. The number of ether oxygens (including phenoxy) is 2. The number of phenolic OH excluding ortho intramolecular Hbond substituents is 2. The molecule has 0 atom stereocenters. The second-order valence-corrected chi connectivity index (χ2v) is 4.48. The first-order valence-corrected chi connectivity index (χ1v) is 6.69. The summed E-state index contributed by atoms with van der Waals surface area (Å²) in [5.41, 5.74) is 1.74. The summed E-state index contributed by atoms with van der Waals surface area (Å²) < 4.78 is 10.3. The Kier molecular flexibility index (Phi) is 4.77. The Labute approximate surface area is 123 Å². The van der Waals surface area contributed by atoms with Crippen LogP contribution in [0.15, 0.2) is 36.4 Å². The molecule has 0 unspecified atom stereocenters. The van der Waals surface area contributed by atoms with E-state index in [-0.39, 0.29) is 11.5 Å². The SMILES string of the molecule is CCOc1cc(CNc2ccc(OC)c(O)c2)ccc1O. The van der Waals surface area contributed by atoms with Gasteiger partial charge in [-0.2, -0.15) is 0 Å². The molecule has 112 valence electrons. The molecular weight excluding hydrogens is 270 g/mol. The van der Waals surface area contributed by atoms with Gasteiger partial charge in [0.2, 0.25) is 0 Å². The summed E-state index contributed by atoms with van der Waals surface area (Å²) in [5, 5.41) is 22.6. The minimum absolute atomic E-state index is 0.0863. The Morgan fingerprint density at radius 1 is 1.00 bits per heavy atom. The van der Waals surface area contributed by atoms with Gasteiger partial charge in [0.15, 0.2) is 23.0 Å². The average Bonchev–Trinajstić information content (AvgIpc) is 2.48. The smallest absolute Gasteiger partial charge is 0.161 e. The van der Waals surface area contributed by atoms with E-state index in [1.165, 1.54) is 7.11 Å². The molecule has 0 aliphatic heterocycles. The maximum Gasteiger partial charge on any atom is 0.161 e. The minimum atomic E-state index is 0.0863. The van der Waals surface area contributed by atoms with Crippen molar-refractivity contribution >= 4 is 5.69 Å². The van der Waals surface area contributed by atoms with Gasteiger partial charge in [0.05, 0.1) is 13.7 Å². The number of rotatable bonds is 6. The summed E-state index contributed by atoms with van der Waals surface area (Å²) in [5.74, 6) is 1.11. The number of hydrogen-bond donors (Lipinski definition) is 3. The van der Waals surface area contributed by atoms with E-state index < -0.39 is 0 Å². The summed E-state index contributed by atoms with van der Waals surface area (Å²) >= 11 is 0. The molecule has 0 saturated heterocycles. The largest absolute Gasteiger partial charge is 0.504 e. The fraction of sp³-hybridized carbons (Fsp3) is 0.250. The maximum atomic E-state index is 9.72. The highest BCUT2D eigenvalue weighted by molar-refractivity contribution is 5.54. The van der Waals surface area contributed by atoms with Gasteiger partial charge in [-0.1, -0.05) is 6.07 Å². The van der Waals surface area contributed by atoms with Gasteiger partial charge in [0, 0.05) is 18.3 Å². The lowest BCUT2D eigenvalue weighted by Gasteiger charge is -2.11. The Morgan fingerprint density at radius 2 is 1.81 bits per heavy atom. The topological polar surface area (TPSA) is 71.0 Å². The van der Waals surface area contributed by atoms with Crippen molar-refractivity contribution in [3.63, 3.8) is 0 Å². The van der Waals surface area contributed by atoms with Crippen LogP contribution >= 0.6 is 0 Å². The van der Waals surface area contributed by atoms with Crippen LogP contribution < -0.4 is 14.8 Å². The van der Waals surface area contributed by atoms with Crippen LogP contribution in [0.5, 0.6) is 23.0 Å². The number of hydrogen-bond acceptors (Lipinski definition) is 5. The number of methoxy groups -OCH3 is 1. The molecule has 5 heteroatoms. The second kappa shape index (κ2) is 6.74. The molecule has 0 amide bonds. The standard InChI is InChI=1S/C16H19NO4/c1-3-21-16-8-11(4-6-13(16)18)10-17-12-5-7-15(20-2)14(19)9-12/h4-9,17-19H,3,10H2,1-2H3. The van der Waals surface area contributed by atoms with E-state index in [1.807, 2.05) is 19.1 Å². The third-order valence-corrected chi connectivity index (χ3v) is 3.00. The van der Waals surface area contributed by atoms with Crippen molar-refractivity contribution in [3.8, 4) is 23.0 Å². The first kappa shape index (κ1) is 14.8. The predicted molar refractivity (Wildman–Crippen MR) is 81.3 cm³/mol. The molecule has 0 saturated carbocycles. The van der Waals surface area contributed by atoms with Gasteiger partial charge in [-0.15, -0.1) is 0 Å². The fourth-order valence-corrected chi connectivity index (χ4v) is 1.94. The van der Waals surface area contributed by atoms with Crippen molar-refractivity contribution in [2.45, 2.75) is 13.5 Å². The average molecular weight is 289 g/mol. The molecular formula is C16H19NO4. The minimum Gasteiger partial charge on any atom is -0.504 e. The van der Waals surface area contributed by atoms with E-state index in [9.17, 15) is 10.2 Å². The molecule has 21 heavy (non-hydrogen) atoms. The van der Waals surface area contributed by atoms with Gasteiger partial charge in [-0.3, -0.25) is 0 Å². The number of anilines is 1. The summed E-state index contributed by atoms with van der Waals surface area (Å²) in [7, 11) is 1.51. The Hall–Kier alpha value is -2.56. The van der Waals surface area contributed by atoms with Crippen molar-refractivity contribution in [1.82, 2.24) is 0 Å². The number of aromatic hydroxyl groups is 2. The maximum absolute atomic E-state index is 9.72. The fourth-order valence-electron chi connectivity index (χ4n) is 1.94. The molecule has 0 radical (unpaired) electrons. The van der Waals surface area contributed by atoms with E-state index in [0.717, 1.165) is 11.3 Å². The van der Waals surface area contributed by atoms with Crippen molar-refractivity contribution in [1.29, 1.82) is 0 Å². The predicted octanol–water partition coefficient (Wildman–Crippen LogP) is 3.12. The summed E-state index contributed by atoms with van der Waals surface area (Å²) in [6, 6.07) is 10.3. The van der Waals surface area contributed by atoms with Crippen LogP contribution in [0.3, 0.4) is 0 Å². The second-order valence-electron chi connectivity index (χ2n) is 4.48. The molecule has 0 spiro atoms. The van der Waals surface area contributed by atoms with E-state index in [0.29, 0.717) is 24.7 Å². The summed E-state index contributed by atoms with van der Waals surface area (Å²) in [6.45, 7) is 2.91. The van der Waals surface area contributed by atoms with Gasteiger partial charge < -0.3 is 25.0 Å². The summed E-state index contributed by atoms with van der Waals surface area (Å²) in [4.78, 5) is 0. The van der Waals surface area contributed by atoms with Gasteiger partial charge in [-0.05, 0) is 36.8 Å². The highest BCUT2D eigenvalue weighted by Crippen LogP contribution is 2.30. The van der Waals surface area contributed by atoms with Crippen LogP contribution in [0.1, 0.15) is 12.5 Å². The Morgan fingerprint density at radius 3 is 2.48 bits per heavy atom. The van der Waals surface area contributed by atoms with Crippen LogP contribution in [0.25, 0.3) is 0 Å². The molecule has 2 aromatic carbocycles. The first-order chi connectivity index (χ1) is 10.1. The van der Waals surface area contributed by atoms with Crippen molar-refractivity contribution in [2.24, 2.45) is 0 Å². The van der Waals surface area contributed by atoms with E-state index in [4.69, 9.17) is 9.47 Å². The number of phenols is 2. The monoisotopic (exact) mass is 289 g/mol. The zero-order valence-corrected chi connectivity index (χ0v) is 12.1. The highest BCUT2D eigenvalue weighted by atomic mass is 16.5. The van der Waals surface area contributed by atoms with Crippen LogP contribution in [-0.2, 0) is 6.54 Å². The lowest BCUT2D eigenvalue weighted by molar-refractivity contribution is 0.318. The Bertz CT molecular complexity index is 613. The highest BCUT2D eigenvalue weighted by Gasteiger charge is 2.05. The molecule has 0 heterocycles. The van der Waals surface area contributed by atoms with Gasteiger partial charge >= 0.3 is 0 Å². The third-order valence-electron chi connectivity index (χ3n) is 3.00. The van der Waals surface area contributed by atoms with Crippen LogP contribution in [0, 0.1) is 0 Å². The molecule has 0 aliphatic rings. The molecule has 0 bridgehead atoms. The molecule has 2 aromatic rings. The zero-order valence-electron chi connectivity index (χ0n) is 12.1. The quantitative estimate of drug-likeness (QED) is 0.762. The van der Waals surface area contributed by atoms with E-state index in [2.05, 4.69) is 5.32 Å². The zero-order chi connectivity index (χ0) is 15.2. The van der Waals surface area contributed by atoms with Crippen LogP contribution in [0.4, 0.5) is 5.69 Å².